The summed E-state index contributed by atoms with van der Waals surface area (Å²) in [5, 5.41) is 0. The third-order valence-electron chi connectivity index (χ3n) is 3.03. The third-order valence-corrected chi connectivity index (χ3v) is 4.33. The van der Waals surface area contributed by atoms with Gasteiger partial charge in [-0.05, 0) is 12.1 Å². The lowest BCUT2D eigenvalue weighted by atomic mass is 10.3. The molecule has 1 heterocycles. The molecule has 1 saturated heterocycles. The van der Waals surface area contributed by atoms with Crippen molar-refractivity contribution in [1.29, 1.82) is 0 Å². The highest BCUT2D eigenvalue weighted by atomic mass is 32.2. The van der Waals surface area contributed by atoms with E-state index in [2.05, 4.69) is 4.99 Å². The summed E-state index contributed by atoms with van der Waals surface area (Å²) in [6, 6.07) is 9.46. The van der Waals surface area contributed by atoms with Gasteiger partial charge in [0.25, 0.3) is 0 Å². The molecule has 0 unspecified atom stereocenters. The molecule has 2 N–H and O–H groups in total. The number of nitrogens with two attached hydrogens (primary N) is 1. The van der Waals surface area contributed by atoms with Crippen LogP contribution in [0, 0.1) is 0 Å². The first-order valence-electron chi connectivity index (χ1n) is 6.06. The van der Waals surface area contributed by atoms with E-state index in [1.165, 1.54) is 10.6 Å². The normalized spacial score (nSPS) is 18.6. The first-order valence-corrected chi connectivity index (χ1v) is 7.91. The van der Waals surface area contributed by atoms with Crippen LogP contribution in [-0.2, 0) is 10.0 Å². The zero-order chi connectivity index (χ0) is 13.9. The van der Waals surface area contributed by atoms with Gasteiger partial charge in [-0.15, -0.1) is 0 Å². The maximum atomic E-state index is 11.4. The molecule has 6 nitrogen and oxygen atoms in total. The molecule has 0 bridgehead atoms. The van der Waals surface area contributed by atoms with Crippen molar-refractivity contribution in [3.8, 4) is 0 Å². The standard InChI is InChI=1S/C12H18N4O2S/c1-19(17,18)16-9-7-15(8-10-16)12(13)14-11-5-3-2-4-6-11/h2-6H,7-10H2,1H3,(H2,13,14). The monoisotopic (exact) mass is 282 g/mol. The molecule has 1 fully saturated rings. The summed E-state index contributed by atoms with van der Waals surface area (Å²) in [5.74, 6) is 0.430. The van der Waals surface area contributed by atoms with Crippen molar-refractivity contribution in [2.75, 3.05) is 32.4 Å². The molecule has 104 valence electrons. The van der Waals surface area contributed by atoms with Crippen molar-refractivity contribution in [2.24, 2.45) is 10.7 Å². The molecule has 2 rings (SSSR count). The highest BCUT2D eigenvalue weighted by Crippen LogP contribution is 2.11. The number of benzene rings is 1. The third kappa shape index (κ3) is 3.68. The van der Waals surface area contributed by atoms with Gasteiger partial charge in [0.2, 0.25) is 10.0 Å². The van der Waals surface area contributed by atoms with Crippen molar-refractivity contribution >= 4 is 21.7 Å². The molecule has 1 aliphatic rings. The summed E-state index contributed by atoms with van der Waals surface area (Å²) in [6.45, 7) is 2.03. The second kappa shape index (κ2) is 5.58. The summed E-state index contributed by atoms with van der Waals surface area (Å²) in [5.41, 5.74) is 6.74. The molecule has 0 aliphatic carbocycles. The van der Waals surface area contributed by atoms with Crippen LogP contribution in [0.15, 0.2) is 35.3 Å². The van der Waals surface area contributed by atoms with Gasteiger partial charge in [-0.25, -0.2) is 13.4 Å². The zero-order valence-electron chi connectivity index (χ0n) is 10.9. The minimum absolute atomic E-state index is 0.430. The SMILES string of the molecule is CS(=O)(=O)N1CCN(C(N)=Nc2ccccc2)CC1. The quantitative estimate of drug-likeness (QED) is 0.621. The maximum absolute atomic E-state index is 11.4. The lowest BCUT2D eigenvalue weighted by Gasteiger charge is -2.33. The fourth-order valence-corrected chi connectivity index (χ4v) is 2.78. The Morgan fingerprint density at radius 1 is 1.16 bits per heavy atom. The average Bonchev–Trinajstić information content (AvgIpc) is 2.39. The number of sulfonamides is 1. The van der Waals surface area contributed by atoms with Crippen LogP contribution >= 0.6 is 0 Å². The molecule has 0 amide bonds. The van der Waals surface area contributed by atoms with Crippen LogP contribution in [0.4, 0.5) is 5.69 Å². The van der Waals surface area contributed by atoms with Gasteiger partial charge in [-0.2, -0.15) is 4.31 Å². The minimum Gasteiger partial charge on any atom is -0.369 e. The molecule has 0 aromatic heterocycles. The van der Waals surface area contributed by atoms with E-state index in [-0.39, 0.29) is 0 Å². The number of aliphatic imine (C=N–C) groups is 1. The van der Waals surface area contributed by atoms with E-state index < -0.39 is 10.0 Å². The first kappa shape index (κ1) is 13.8. The van der Waals surface area contributed by atoms with Gasteiger partial charge in [-0.1, -0.05) is 18.2 Å². The summed E-state index contributed by atoms with van der Waals surface area (Å²) in [7, 11) is -3.11. The highest BCUT2D eigenvalue weighted by molar-refractivity contribution is 7.88. The van der Waals surface area contributed by atoms with Crippen LogP contribution in [-0.4, -0.2) is 56.0 Å². The van der Waals surface area contributed by atoms with Crippen LogP contribution < -0.4 is 5.73 Å². The minimum atomic E-state index is -3.11. The van der Waals surface area contributed by atoms with Crippen molar-refractivity contribution < 1.29 is 8.42 Å². The highest BCUT2D eigenvalue weighted by Gasteiger charge is 2.24. The number of para-hydroxylation sites is 1. The Morgan fingerprint density at radius 3 is 2.26 bits per heavy atom. The lowest BCUT2D eigenvalue weighted by Crippen LogP contribution is -2.52. The Balaban J connectivity index is 2.00. The summed E-state index contributed by atoms with van der Waals surface area (Å²) in [4.78, 5) is 6.22. The fourth-order valence-electron chi connectivity index (χ4n) is 1.95. The lowest BCUT2D eigenvalue weighted by molar-refractivity contribution is 0.265. The molecule has 19 heavy (non-hydrogen) atoms. The van der Waals surface area contributed by atoms with Gasteiger partial charge >= 0.3 is 0 Å². The Kier molecular flexibility index (Phi) is 4.06. The molecule has 0 atom stereocenters. The molecule has 1 aromatic rings. The Labute approximate surface area is 113 Å². The first-order chi connectivity index (χ1) is 8.97. The fraction of sp³-hybridized carbons (Fsp3) is 0.417. The smallest absolute Gasteiger partial charge is 0.211 e. The number of hydrogen-bond acceptors (Lipinski definition) is 3. The van der Waals surface area contributed by atoms with E-state index in [4.69, 9.17) is 5.73 Å². The largest absolute Gasteiger partial charge is 0.369 e. The molecule has 0 radical (unpaired) electrons. The predicted molar refractivity (Wildman–Crippen MR) is 75.7 cm³/mol. The zero-order valence-corrected chi connectivity index (χ0v) is 11.7. The Hall–Kier alpha value is -1.60. The van der Waals surface area contributed by atoms with Crippen molar-refractivity contribution in [3.05, 3.63) is 30.3 Å². The van der Waals surface area contributed by atoms with Crippen LogP contribution in [0.2, 0.25) is 0 Å². The van der Waals surface area contributed by atoms with E-state index in [0.29, 0.717) is 32.1 Å². The molecule has 0 spiro atoms. The molecular formula is C12H18N4O2S. The van der Waals surface area contributed by atoms with E-state index in [0.717, 1.165) is 5.69 Å². The number of rotatable bonds is 2. The molecular weight excluding hydrogens is 264 g/mol. The van der Waals surface area contributed by atoms with Crippen molar-refractivity contribution in [1.82, 2.24) is 9.21 Å². The van der Waals surface area contributed by atoms with E-state index >= 15 is 0 Å². The van der Waals surface area contributed by atoms with Crippen LogP contribution in [0.5, 0.6) is 0 Å². The second-order valence-electron chi connectivity index (χ2n) is 4.45. The van der Waals surface area contributed by atoms with E-state index in [9.17, 15) is 8.42 Å². The topological polar surface area (TPSA) is 79.0 Å². The summed E-state index contributed by atoms with van der Waals surface area (Å²) >= 11 is 0. The summed E-state index contributed by atoms with van der Waals surface area (Å²) < 4.78 is 24.3. The Bertz CT molecular complexity index is 548. The number of hydrogen-bond donors (Lipinski definition) is 1. The van der Waals surface area contributed by atoms with Crippen molar-refractivity contribution in [2.45, 2.75) is 0 Å². The predicted octanol–water partition coefficient (Wildman–Crippen LogP) is 0.210. The number of nitrogens with zero attached hydrogens (tertiary/aromatic N) is 3. The number of piperazine rings is 1. The Morgan fingerprint density at radius 2 is 1.74 bits per heavy atom. The van der Waals surface area contributed by atoms with Crippen LogP contribution in [0.25, 0.3) is 0 Å². The van der Waals surface area contributed by atoms with Gasteiger partial charge in [0, 0.05) is 26.2 Å². The molecule has 0 saturated carbocycles. The second-order valence-corrected chi connectivity index (χ2v) is 6.44. The van der Waals surface area contributed by atoms with E-state index in [1.807, 2.05) is 35.2 Å². The summed E-state index contributed by atoms with van der Waals surface area (Å²) in [6.07, 6.45) is 1.23. The maximum Gasteiger partial charge on any atom is 0.211 e. The number of guanidine groups is 1. The molecule has 1 aliphatic heterocycles. The van der Waals surface area contributed by atoms with Crippen molar-refractivity contribution in [3.63, 3.8) is 0 Å². The molecule has 7 heteroatoms. The van der Waals surface area contributed by atoms with Crippen LogP contribution in [0.3, 0.4) is 0 Å². The van der Waals surface area contributed by atoms with Gasteiger partial charge in [0.05, 0.1) is 11.9 Å². The van der Waals surface area contributed by atoms with Gasteiger partial charge < -0.3 is 10.6 Å². The van der Waals surface area contributed by atoms with Gasteiger partial charge in [-0.3, -0.25) is 0 Å². The van der Waals surface area contributed by atoms with Gasteiger partial charge in [0.15, 0.2) is 5.96 Å². The van der Waals surface area contributed by atoms with Crippen LogP contribution in [0.1, 0.15) is 0 Å². The molecule has 1 aromatic carbocycles. The van der Waals surface area contributed by atoms with Gasteiger partial charge in [0.1, 0.15) is 0 Å². The van der Waals surface area contributed by atoms with E-state index in [1.54, 1.807) is 0 Å². The average molecular weight is 282 g/mol.